The van der Waals surface area contributed by atoms with Crippen molar-refractivity contribution in [2.75, 3.05) is 26.2 Å². The molecule has 1 amide bonds. The lowest BCUT2D eigenvalue weighted by molar-refractivity contribution is -0.385. The Labute approximate surface area is 162 Å². The average Bonchev–Trinajstić information content (AvgIpc) is 3.06. The van der Waals surface area contributed by atoms with Gasteiger partial charge in [0, 0.05) is 57.3 Å². The number of amides is 1. The quantitative estimate of drug-likeness (QED) is 0.577. The van der Waals surface area contributed by atoms with E-state index in [1.807, 2.05) is 17.8 Å². The number of rotatable bonds is 5. The highest BCUT2D eigenvalue weighted by Crippen LogP contribution is 2.30. The second-order valence-corrected chi connectivity index (χ2v) is 7.57. The molecular weight excluding hydrogens is 365 g/mol. The number of imidazole rings is 1. The van der Waals surface area contributed by atoms with Gasteiger partial charge in [-0.25, -0.2) is 9.37 Å². The molecule has 0 aliphatic carbocycles. The number of aromatic nitrogens is 2. The number of nitro groups is 1. The maximum atomic E-state index is 14.5. The fourth-order valence-electron chi connectivity index (χ4n) is 3.49. The first-order valence-electron chi connectivity index (χ1n) is 9.12. The van der Waals surface area contributed by atoms with Crippen molar-refractivity contribution in [1.29, 1.82) is 0 Å². The van der Waals surface area contributed by atoms with Crippen molar-refractivity contribution in [2.45, 2.75) is 25.8 Å². The summed E-state index contributed by atoms with van der Waals surface area (Å²) in [6, 6.07) is 3.44. The SMILES string of the molecule is Cn1ccnc1CN1CCN(C(=O)C(C)(C)c2ccc([N+](=O)[O-])cc2F)CC1. The number of nitrogens with zero attached hydrogens (tertiary/aromatic N) is 5. The molecule has 0 bridgehead atoms. The number of benzene rings is 1. The number of hydrogen-bond donors (Lipinski definition) is 0. The lowest BCUT2D eigenvalue weighted by Gasteiger charge is -2.38. The zero-order chi connectivity index (χ0) is 20.5. The fourth-order valence-corrected chi connectivity index (χ4v) is 3.49. The van der Waals surface area contributed by atoms with Gasteiger partial charge in [0.15, 0.2) is 0 Å². The minimum absolute atomic E-state index is 0.165. The highest BCUT2D eigenvalue weighted by Gasteiger charge is 2.37. The number of carbonyl (C=O) groups excluding carboxylic acids is 1. The Morgan fingerprint density at radius 2 is 1.96 bits per heavy atom. The first-order chi connectivity index (χ1) is 13.2. The molecule has 2 aromatic rings. The van der Waals surface area contributed by atoms with Crippen molar-refractivity contribution < 1.29 is 14.1 Å². The molecule has 150 valence electrons. The van der Waals surface area contributed by atoms with Crippen LogP contribution >= 0.6 is 0 Å². The fraction of sp³-hybridized carbons (Fsp3) is 0.474. The maximum Gasteiger partial charge on any atom is 0.272 e. The summed E-state index contributed by atoms with van der Waals surface area (Å²) in [7, 11) is 1.95. The van der Waals surface area contributed by atoms with Gasteiger partial charge in [0.2, 0.25) is 5.91 Å². The maximum absolute atomic E-state index is 14.5. The predicted molar refractivity (Wildman–Crippen MR) is 101 cm³/mol. The Hall–Kier alpha value is -2.81. The topological polar surface area (TPSA) is 84.5 Å². The minimum Gasteiger partial charge on any atom is -0.339 e. The zero-order valence-corrected chi connectivity index (χ0v) is 16.3. The van der Waals surface area contributed by atoms with Gasteiger partial charge in [-0.2, -0.15) is 0 Å². The molecule has 8 nitrogen and oxygen atoms in total. The van der Waals surface area contributed by atoms with Crippen LogP contribution in [0.2, 0.25) is 0 Å². The van der Waals surface area contributed by atoms with Gasteiger partial charge in [-0.1, -0.05) is 0 Å². The summed E-state index contributed by atoms with van der Waals surface area (Å²) in [6.45, 7) is 6.52. The summed E-state index contributed by atoms with van der Waals surface area (Å²) in [5, 5.41) is 10.8. The third-order valence-electron chi connectivity index (χ3n) is 5.32. The molecular formula is C19H24FN5O3. The number of non-ortho nitro benzene ring substituents is 1. The Morgan fingerprint density at radius 1 is 1.29 bits per heavy atom. The summed E-state index contributed by atoms with van der Waals surface area (Å²) >= 11 is 0. The summed E-state index contributed by atoms with van der Waals surface area (Å²) in [4.78, 5) is 31.5. The molecule has 0 atom stereocenters. The number of piperazine rings is 1. The molecule has 2 heterocycles. The van der Waals surface area contributed by atoms with Gasteiger partial charge in [0.25, 0.3) is 5.69 Å². The second-order valence-electron chi connectivity index (χ2n) is 7.57. The van der Waals surface area contributed by atoms with Crippen molar-refractivity contribution in [3.05, 3.63) is 57.9 Å². The average molecular weight is 389 g/mol. The molecule has 1 aromatic carbocycles. The third-order valence-corrected chi connectivity index (χ3v) is 5.32. The van der Waals surface area contributed by atoms with Crippen molar-refractivity contribution in [2.24, 2.45) is 7.05 Å². The monoisotopic (exact) mass is 389 g/mol. The van der Waals surface area contributed by atoms with E-state index in [1.165, 1.54) is 12.1 Å². The van der Waals surface area contributed by atoms with Crippen LogP contribution in [0.1, 0.15) is 25.2 Å². The number of hydrogen-bond acceptors (Lipinski definition) is 5. The van der Waals surface area contributed by atoms with E-state index in [4.69, 9.17) is 0 Å². The third kappa shape index (κ3) is 3.89. The Kier molecular flexibility index (Phi) is 5.46. The van der Waals surface area contributed by atoms with E-state index in [0.29, 0.717) is 32.7 Å². The van der Waals surface area contributed by atoms with Gasteiger partial charge in [-0.05, 0) is 19.9 Å². The molecule has 0 unspecified atom stereocenters. The largest absolute Gasteiger partial charge is 0.339 e. The molecule has 28 heavy (non-hydrogen) atoms. The van der Waals surface area contributed by atoms with Crippen LogP contribution in [0, 0.1) is 15.9 Å². The molecule has 0 radical (unpaired) electrons. The standard InChI is InChI=1S/C19H24FN5O3/c1-19(2,15-5-4-14(25(27)28)12-16(15)20)18(26)24-10-8-23(9-11-24)13-17-21-6-7-22(17)3/h4-7,12H,8-11,13H2,1-3H3. The Balaban J connectivity index is 1.67. The second kappa shape index (κ2) is 7.67. The van der Waals surface area contributed by atoms with Gasteiger partial charge < -0.3 is 9.47 Å². The summed E-state index contributed by atoms with van der Waals surface area (Å²) in [5.74, 6) is 0.0471. The van der Waals surface area contributed by atoms with Crippen molar-refractivity contribution in [3.8, 4) is 0 Å². The molecule has 0 saturated carbocycles. The van der Waals surface area contributed by atoms with E-state index < -0.39 is 16.2 Å². The number of nitro benzene ring substituents is 1. The van der Waals surface area contributed by atoms with Crippen molar-refractivity contribution in [1.82, 2.24) is 19.4 Å². The molecule has 1 aliphatic rings. The van der Waals surface area contributed by atoms with Crippen LogP contribution < -0.4 is 0 Å². The predicted octanol–water partition coefficient (Wildman–Crippen LogP) is 2.09. The summed E-state index contributed by atoms with van der Waals surface area (Å²) in [5.41, 5.74) is -1.27. The Bertz CT molecular complexity index is 887. The zero-order valence-electron chi connectivity index (χ0n) is 16.3. The van der Waals surface area contributed by atoms with Crippen molar-refractivity contribution >= 4 is 11.6 Å². The molecule has 3 rings (SSSR count). The molecule has 1 aromatic heterocycles. The number of carbonyl (C=O) groups is 1. The van der Waals surface area contributed by atoms with E-state index in [-0.39, 0.29) is 17.2 Å². The van der Waals surface area contributed by atoms with E-state index in [0.717, 1.165) is 11.9 Å². The van der Waals surface area contributed by atoms with Crippen LogP contribution in [0.15, 0.2) is 30.6 Å². The van der Waals surface area contributed by atoms with Crippen LogP contribution in [-0.2, 0) is 23.8 Å². The van der Waals surface area contributed by atoms with Crippen LogP contribution in [0.3, 0.4) is 0 Å². The van der Waals surface area contributed by atoms with Gasteiger partial charge in [-0.15, -0.1) is 0 Å². The summed E-state index contributed by atoms with van der Waals surface area (Å²) < 4.78 is 16.4. The highest BCUT2D eigenvalue weighted by molar-refractivity contribution is 5.87. The number of halogens is 1. The van der Waals surface area contributed by atoms with Gasteiger partial charge in [0.05, 0.1) is 22.9 Å². The molecule has 0 spiro atoms. The van der Waals surface area contributed by atoms with Crippen LogP contribution in [0.4, 0.5) is 10.1 Å². The highest BCUT2D eigenvalue weighted by atomic mass is 19.1. The molecule has 1 fully saturated rings. The minimum atomic E-state index is -1.11. The Morgan fingerprint density at radius 3 is 2.50 bits per heavy atom. The molecule has 1 saturated heterocycles. The lowest BCUT2D eigenvalue weighted by Crippen LogP contribution is -2.53. The van der Waals surface area contributed by atoms with Crippen molar-refractivity contribution in [3.63, 3.8) is 0 Å². The molecule has 9 heteroatoms. The smallest absolute Gasteiger partial charge is 0.272 e. The molecule has 0 N–H and O–H groups in total. The number of aryl methyl sites for hydroxylation is 1. The van der Waals surface area contributed by atoms with E-state index in [1.54, 1.807) is 24.9 Å². The first-order valence-corrected chi connectivity index (χ1v) is 9.12. The summed E-state index contributed by atoms with van der Waals surface area (Å²) in [6.07, 6.45) is 3.66. The van der Waals surface area contributed by atoms with Crippen LogP contribution in [0.5, 0.6) is 0 Å². The van der Waals surface area contributed by atoms with E-state index in [2.05, 4.69) is 9.88 Å². The molecule has 1 aliphatic heterocycles. The van der Waals surface area contributed by atoms with Crippen LogP contribution in [0.25, 0.3) is 0 Å². The van der Waals surface area contributed by atoms with E-state index >= 15 is 0 Å². The van der Waals surface area contributed by atoms with Gasteiger partial charge in [-0.3, -0.25) is 19.8 Å². The van der Waals surface area contributed by atoms with Gasteiger partial charge >= 0.3 is 0 Å². The normalized spacial score (nSPS) is 15.6. The van der Waals surface area contributed by atoms with Crippen LogP contribution in [-0.4, -0.2) is 56.4 Å². The lowest BCUT2D eigenvalue weighted by atomic mass is 9.82. The van der Waals surface area contributed by atoms with Gasteiger partial charge in [0.1, 0.15) is 11.6 Å². The first kappa shape index (κ1) is 19.9. The van der Waals surface area contributed by atoms with E-state index in [9.17, 15) is 19.3 Å².